The van der Waals surface area contributed by atoms with Crippen molar-refractivity contribution in [1.82, 2.24) is 9.80 Å². The summed E-state index contributed by atoms with van der Waals surface area (Å²) in [5, 5.41) is 16.8. The molecular formula is C19H28N2O5S. The Kier molecular flexibility index (Phi) is 7.79. The molecule has 3 rings (SSSR count). The average molecular weight is 397 g/mol. The van der Waals surface area contributed by atoms with Gasteiger partial charge in [0.2, 0.25) is 0 Å². The van der Waals surface area contributed by atoms with E-state index in [1.54, 1.807) is 11.3 Å². The number of likely N-dealkylation sites (tertiary alicyclic amines) is 2. The lowest BCUT2D eigenvalue weighted by Gasteiger charge is -2.43. The lowest BCUT2D eigenvalue weighted by molar-refractivity contribution is -0.159. The Labute approximate surface area is 163 Å². The van der Waals surface area contributed by atoms with E-state index in [1.165, 1.54) is 19.5 Å². The van der Waals surface area contributed by atoms with E-state index in [4.69, 9.17) is 19.8 Å². The molecule has 3 heterocycles. The molecular weight excluding hydrogens is 368 g/mol. The predicted octanol–water partition coefficient (Wildman–Crippen LogP) is 2.49. The first-order valence-electron chi connectivity index (χ1n) is 9.31. The molecule has 1 aromatic heterocycles. The molecule has 0 aliphatic carbocycles. The van der Waals surface area contributed by atoms with Crippen LogP contribution in [0.25, 0.3) is 0 Å². The van der Waals surface area contributed by atoms with Gasteiger partial charge in [0.25, 0.3) is 5.91 Å². The Balaban J connectivity index is 0.000000380. The van der Waals surface area contributed by atoms with E-state index in [0.717, 1.165) is 42.6 Å². The van der Waals surface area contributed by atoms with Crippen molar-refractivity contribution in [2.75, 3.05) is 26.2 Å². The summed E-state index contributed by atoms with van der Waals surface area (Å²) in [6, 6.07) is 4.58. The Hall–Kier alpha value is -1.93. The number of nitrogens with zero attached hydrogens (tertiary/aromatic N) is 2. The molecule has 1 aromatic rings. The first-order valence-corrected chi connectivity index (χ1v) is 10.2. The Morgan fingerprint density at radius 3 is 2.04 bits per heavy atom. The van der Waals surface area contributed by atoms with Crippen molar-refractivity contribution in [3.63, 3.8) is 0 Å². The highest BCUT2D eigenvalue weighted by atomic mass is 32.1. The molecule has 0 spiro atoms. The molecule has 27 heavy (non-hydrogen) atoms. The zero-order valence-electron chi connectivity index (χ0n) is 15.8. The topological polar surface area (TPSA) is 98.2 Å². The molecule has 2 atom stereocenters. The summed E-state index contributed by atoms with van der Waals surface area (Å²) < 4.78 is 0. The van der Waals surface area contributed by atoms with Crippen LogP contribution in [-0.4, -0.2) is 70.1 Å². The zero-order valence-corrected chi connectivity index (χ0v) is 16.7. The molecule has 2 aliphatic heterocycles. The molecule has 0 radical (unpaired) electrons. The van der Waals surface area contributed by atoms with Gasteiger partial charge in [-0.05, 0) is 42.5 Å². The quantitative estimate of drug-likeness (QED) is 0.746. The van der Waals surface area contributed by atoms with Crippen molar-refractivity contribution >= 4 is 29.2 Å². The van der Waals surface area contributed by atoms with Crippen LogP contribution in [0.5, 0.6) is 0 Å². The molecule has 1 amide bonds. The molecule has 2 unspecified atom stereocenters. The number of carboxylic acid groups (broad SMARTS) is 2. The zero-order chi connectivity index (χ0) is 20.0. The Morgan fingerprint density at radius 2 is 1.59 bits per heavy atom. The van der Waals surface area contributed by atoms with Gasteiger partial charge in [-0.25, -0.2) is 9.59 Å². The molecule has 0 saturated carbocycles. The summed E-state index contributed by atoms with van der Waals surface area (Å²) in [5.74, 6) is -1.78. The molecule has 2 aliphatic rings. The molecule has 150 valence electrons. The number of carbonyl (C=O) groups excluding carboxylic acids is 1. The summed E-state index contributed by atoms with van der Waals surface area (Å²) in [6.07, 6.45) is 3.64. The molecule has 7 nitrogen and oxygen atoms in total. The fraction of sp³-hybridized carbons (Fsp3) is 0.632. The van der Waals surface area contributed by atoms with Crippen molar-refractivity contribution in [3.8, 4) is 0 Å². The summed E-state index contributed by atoms with van der Waals surface area (Å²) in [7, 11) is 0. The highest BCUT2D eigenvalue weighted by molar-refractivity contribution is 7.12. The van der Waals surface area contributed by atoms with E-state index in [0.29, 0.717) is 6.04 Å². The molecule has 2 fully saturated rings. The minimum Gasteiger partial charge on any atom is -0.473 e. The van der Waals surface area contributed by atoms with E-state index in [-0.39, 0.29) is 5.91 Å². The third kappa shape index (κ3) is 6.32. The van der Waals surface area contributed by atoms with Crippen LogP contribution < -0.4 is 0 Å². The molecule has 8 heteroatoms. The minimum absolute atomic E-state index is 0.226. The van der Waals surface area contributed by atoms with Gasteiger partial charge in [-0.2, -0.15) is 0 Å². The molecule has 2 N–H and O–H groups in total. The second-order valence-electron chi connectivity index (χ2n) is 7.51. The lowest BCUT2D eigenvalue weighted by atomic mass is 9.89. The van der Waals surface area contributed by atoms with Gasteiger partial charge in [0.1, 0.15) is 0 Å². The Morgan fingerprint density at radius 1 is 1.04 bits per heavy atom. The average Bonchev–Trinajstić information content (AvgIpc) is 3.15. The van der Waals surface area contributed by atoms with E-state index < -0.39 is 11.9 Å². The third-order valence-electron chi connectivity index (χ3n) is 5.08. The standard InChI is InChI=1S/C17H26N2OS.C2H2O4/c1-13-10-14(2)12-19(11-13)15-5-7-18(8-6-15)17(20)16-4-3-9-21-16;3-1(4)2(5)6/h3-4,9,13-15H,5-8,10-12H2,1-2H3;(H,3,4)(H,5,6). The van der Waals surface area contributed by atoms with Crippen LogP contribution in [0, 0.1) is 11.8 Å². The van der Waals surface area contributed by atoms with Gasteiger partial charge in [0.05, 0.1) is 4.88 Å². The van der Waals surface area contributed by atoms with Crippen LogP contribution in [0.4, 0.5) is 0 Å². The Bertz CT molecular complexity index is 619. The molecule has 0 aromatic carbocycles. The van der Waals surface area contributed by atoms with Crippen LogP contribution in [0.15, 0.2) is 17.5 Å². The van der Waals surface area contributed by atoms with Gasteiger partial charge < -0.3 is 15.1 Å². The van der Waals surface area contributed by atoms with Crippen LogP contribution >= 0.6 is 11.3 Å². The van der Waals surface area contributed by atoms with Crippen molar-refractivity contribution < 1.29 is 24.6 Å². The van der Waals surface area contributed by atoms with Gasteiger partial charge >= 0.3 is 11.9 Å². The first-order chi connectivity index (χ1) is 12.8. The number of hydrogen-bond acceptors (Lipinski definition) is 5. The minimum atomic E-state index is -1.82. The van der Waals surface area contributed by atoms with Crippen molar-refractivity contribution in [3.05, 3.63) is 22.4 Å². The number of hydrogen-bond donors (Lipinski definition) is 2. The largest absolute Gasteiger partial charge is 0.473 e. The monoisotopic (exact) mass is 396 g/mol. The van der Waals surface area contributed by atoms with E-state index in [9.17, 15) is 4.79 Å². The maximum Gasteiger partial charge on any atom is 0.414 e. The molecule has 0 bridgehead atoms. The van der Waals surface area contributed by atoms with Gasteiger partial charge in [-0.1, -0.05) is 19.9 Å². The summed E-state index contributed by atoms with van der Waals surface area (Å²) in [4.78, 5) is 36.2. The second kappa shape index (κ2) is 9.85. The smallest absolute Gasteiger partial charge is 0.414 e. The van der Waals surface area contributed by atoms with Gasteiger partial charge in [-0.3, -0.25) is 9.69 Å². The van der Waals surface area contributed by atoms with Crippen molar-refractivity contribution in [2.45, 2.75) is 39.2 Å². The second-order valence-corrected chi connectivity index (χ2v) is 8.46. The number of carboxylic acids is 2. The number of carbonyl (C=O) groups is 3. The first kappa shape index (κ1) is 21.4. The fourth-order valence-corrected chi connectivity index (χ4v) is 4.69. The van der Waals surface area contributed by atoms with Crippen molar-refractivity contribution in [2.24, 2.45) is 11.8 Å². The predicted molar refractivity (Wildman–Crippen MR) is 103 cm³/mol. The number of piperidine rings is 2. The van der Waals surface area contributed by atoms with Crippen LogP contribution in [-0.2, 0) is 9.59 Å². The highest BCUT2D eigenvalue weighted by Gasteiger charge is 2.31. The van der Waals surface area contributed by atoms with Gasteiger partial charge in [0, 0.05) is 32.2 Å². The van der Waals surface area contributed by atoms with Crippen LogP contribution in [0.2, 0.25) is 0 Å². The third-order valence-corrected chi connectivity index (χ3v) is 5.94. The lowest BCUT2D eigenvalue weighted by Crippen LogP contribution is -2.50. The number of aliphatic carboxylic acids is 2. The maximum atomic E-state index is 12.4. The number of thiophene rings is 1. The van der Waals surface area contributed by atoms with Crippen LogP contribution in [0.1, 0.15) is 42.8 Å². The highest BCUT2D eigenvalue weighted by Crippen LogP contribution is 2.27. The van der Waals surface area contributed by atoms with E-state index in [1.807, 2.05) is 22.4 Å². The van der Waals surface area contributed by atoms with Crippen LogP contribution in [0.3, 0.4) is 0 Å². The van der Waals surface area contributed by atoms with Gasteiger partial charge in [0.15, 0.2) is 0 Å². The SMILES string of the molecule is CC1CC(C)CN(C2CCN(C(=O)c3cccs3)CC2)C1.O=C(O)C(=O)O. The number of rotatable bonds is 2. The summed E-state index contributed by atoms with van der Waals surface area (Å²) >= 11 is 1.55. The normalized spacial score (nSPS) is 24.0. The summed E-state index contributed by atoms with van der Waals surface area (Å²) in [6.45, 7) is 9.07. The fourth-order valence-electron chi connectivity index (χ4n) is 4.00. The van der Waals surface area contributed by atoms with E-state index in [2.05, 4.69) is 18.7 Å². The molecule has 2 saturated heterocycles. The van der Waals surface area contributed by atoms with Crippen molar-refractivity contribution in [1.29, 1.82) is 0 Å². The maximum absolute atomic E-state index is 12.4. The summed E-state index contributed by atoms with van der Waals surface area (Å²) in [5.41, 5.74) is 0. The van der Waals surface area contributed by atoms with E-state index >= 15 is 0 Å². The van der Waals surface area contributed by atoms with Gasteiger partial charge in [-0.15, -0.1) is 11.3 Å². The number of amides is 1.